The van der Waals surface area contributed by atoms with Crippen LogP contribution in [0.4, 0.5) is 5.00 Å². The fourth-order valence-corrected chi connectivity index (χ4v) is 2.28. The van der Waals surface area contributed by atoms with Gasteiger partial charge in [0.1, 0.15) is 0 Å². The molecule has 0 saturated carbocycles. The zero-order valence-corrected chi connectivity index (χ0v) is 11.5. The van der Waals surface area contributed by atoms with Gasteiger partial charge in [0, 0.05) is 6.07 Å². The highest BCUT2D eigenvalue weighted by molar-refractivity contribution is 7.16. The summed E-state index contributed by atoms with van der Waals surface area (Å²) in [7, 11) is 0. The molecule has 6 nitrogen and oxygen atoms in total. The number of halogens is 1. The lowest BCUT2D eigenvalue weighted by Crippen LogP contribution is -2.17. The van der Waals surface area contributed by atoms with Gasteiger partial charge in [-0.15, -0.1) is 0 Å². The molecule has 0 radical (unpaired) electrons. The molecule has 0 saturated heterocycles. The van der Waals surface area contributed by atoms with Crippen molar-refractivity contribution in [3.8, 4) is 0 Å². The lowest BCUT2D eigenvalue weighted by molar-refractivity contribution is -0.380. The van der Waals surface area contributed by atoms with Crippen LogP contribution in [0.5, 0.6) is 0 Å². The molecule has 2 rings (SSSR count). The summed E-state index contributed by atoms with van der Waals surface area (Å²) in [5.74, 6) is -0.446. The van der Waals surface area contributed by atoms with Crippen LogP contribution in [-0.4, -0.2) is 17.0 Å². The molecule has 102 valence electrons. The van der Waals surface area contributed by atoms with E-state index in [2.05, 4.69) is 10.5 Å². The Kier molecular flexibility index (Phi) is 4.44. The van der Waals surface area contributed by atoms with Gasteiger partial charge in [0.05, 0.1) is 26.6 Å². The maximum Gasteiger partial charge on any atom is 0.324 e. The second-order valence-corrected chi connectivity index (χ2v) is 5.11. The number of hydrogen-bond acceptors (Lipinski definition) is 5. The molecule has 20 heavy (non-hydrogen) atoms. The van der Waals surface area contributed by atoms with Crippen molar-refractivity contribution in [2.24, 2.45) is 5.10 Å². The number of hydrazone groups is 1. The predicted octanol–water partition coefficient (Wildman–Crippen LogP) is 3.07. The summed E-state index contributed by atoms with van der Waals surface area (Å²) < 4.78 is 0. The zero-order valence-electron chi connectivity index (χ0n) is 9.95. The van der Waals surface area contributed by atoms with Crippen molar-refractivity contribution < 1.29 is 9.72 Å². The number of hydrogen-bond donors (Lipinski definition) is 1. The highest BCUT2D eigenvalue weighted by Crippen LogP contribution is 2.22. The van der Waals surface area contributed by atoms with Crippen LogP contribution in [0, 0.1) is 10.1 Å². The molecule has 2 aromatic rings. The van der Waals surface area contributed by atoms with Crippen molar-refractivity contribution >= 4 is 40.1 Å². The van der Waals surface area contributed by atoms with Crippen molar-refractivity contribution in [3.05, 3.63) is 62.0 Å². The van der Waals surface area contributed by atoms with E-state index in [1.165, 1.54) is 12.3 Å². The van der Waals surface area contributed by atoms with Gasteiger partial charge in [0.2, 0.25) is 0 Å². The van der Waals surface area contributed by atoms with Crippen molar-refractivity contribution in [2.75, 3.05) is 0 Å². The van der Waals surface area contributed by atoms with Gasteiger partial charge in [-0.2, -0.15) is 5.10 Å². The van der Waals surface area contributed by atoms with E-state index in [0.717, 1.165) is 11.3 Å². The van der Waals surface area contributed by atoms with Crippen LogP contribution in [0.1, 0.15) is 15.2 Å². The second kappa shape index (κ2) is 6.27. The minimum absolute atomic E-state index is 0.0175. The molecule has 0 unspecified atom stereocenters. The highest BCUT2D eigenvalue weighted by Gasteiger charge is 2.09. The molecule has 0 spiro atoms. The first-order valence-corrected chi connectivity index (χ1v) is 6.59. The minimum atomic E-state index is -0.482. The number of amides is 1. The number of benzene rings is 1. The van der Waals surface area contributed by atoms with E-state index in [-0.39, 0.29) is 5.00 Å². The van der Waals surface area contributed by atoms with Gasteiger partial charge in [-0.3, -0.25) is 14.9 Å². The molecule has 0 bridgehead atoms. The molecule has 1 aromatic heterocycles. The number of rotatable bonds is 4. The van der Waals surface area contributed by atoms with E-state index >= 15 is 0 Å². The first-order valence-electron chi connectivity index (χ1n) is 5.40. The minimum Gasteiger partial charge on any atom is -0.267 e. The van der Waals surface area contributed by atoms with Crippen LogP contribution in [0.2, 0.25) is 5.02 Å². The molecule has 0 atom stereocenters. The third-order valence-corrected chi connectivity index (χ3v) is 3.57. The quantitative estimate of drug-likeness (QED) is 0.535. The van der Waals surface area contributed by atoms with Crippen LogP contribution < -0.4 is 5.43 Å². The van der Waals surface area contributed by atoms with Gasteiger partial charge in [0.25, 0.3) is 5.91 Å². The highest BCUT2D eigenvalue weighted by atomic mass is 35.5. The van der Waals surface area contributed by atoms with Crippen LogP contribution in [0.3, 0.4) is 0 Å². The number of thiophene rings is 1. The topological polar surface area (TPSA) is 84.6 Å². The molecular weight excluding hydrogens is 302 g/mol. The van der Waals surface area contributed by atoms with Crippen LogP contribution >= 0.6 is 22.9 Å². The summed E-state index contributed by atoms with van der Waals surface area (Å²) >= 11 is 6.83. The second-order valence-electron chi connectivity index (χ2n) is 3.61. The molecule has 0 fully saturated rings. The molecular formula is C12H8ClN3O3S. The lowest BCUT2D eigenvalue weighted by Gasteiger charge is -2.00. The van der Waals surface area contributed by atoms with Crippen LogP contribution in [0.15, 0.2) is 41.5 Å². The van der Waals surface area contributed by atoms with Gasteiger partial charge in [-0.1, -0.05) is 35.1 Å². The van der Waals surface area contributed by atoms with Crippen molar-refractivity contribution in [3.63, 3.8) is 0 Å². The molecule has 1 N–H and O–H groups in total. The maximum atomic E-state index is 11.8. The van der Waals surface area contributed by atoms with Crippen molar-refractivity contribution in [1.82, 2.24) is 5.43 Å². The summed E-state index contributed by atoms with van der Waals surface area (Å²) in [5.41, 5.74) is 2.62. The zero-order chi connectivity index (χ0) is 14.5. The molecule has 8 heteroatoms. The molecule has 1 amide bonds. The fourth-order valence-electron chi connectivity index (χ4n) is 1.37. The van der Waals surface area contributed by atoms with E-state index in [1.807, 2.05) is 0 Å². The Morgan fingerprint density at radius 2 is 2.10 bits per heavy atom. The third kappa shape index (κ3) is 3.40. The normalized spacial score (nSPS) is 10.7. The lowest BCUT2D eigenvalue weighted by atomic mass is 10.2. The van der Waals surface area contributed by atoms with Gasteiger partial charge in [0.15, 0.2) is 0 Å². The molecule has 1 aromatic carbocycles. The number of nitrogens with zero attached hydrogens (tertiary/aromatic N) is 2. The first kappa shape index (κ1) is 14.2. The van der Waals surface area contributed by atoms with Crippen molar-refractivity contribution in [1.29, 1.82) is 0 Å². The Hall–Kier alpha value is -2.25. The number of carbonyl (C=O) groups excluding carboxylic acids is 1. The van der Waals surface area contributed by atoms with E-state index < -0.39 is 10.8 Å². The average Bonchev–Trinajstić information content (AvgIpc) is 2.88. The van der Waals surface area contributed by atoms with Gasteiger partial charge in [-0.05, 0) is 18.2 Å². The summed E-state index contributed by atoms with van der Waals surface area (Å²) in [6, 6.07) is 9.50. The van der Waals surface area contributed by atoms with E-state index in [1.54, 1.807) is 30.3 Å². The Morgan fingerprint density at radius 1 is 1.35 bits per heavy atom. The third-order valence-electron chi connectivity index (χ3n) is 2.27. The monoisotopic (exact) mass is 309 g/mol. The van der Waals surface area contributed by atoms with E-state index in [4.69, 9.17) is 11.6 Å². The van der Waals surface area contributed by atoms with Gasteiger partial charge < -0.3 is 0 Å². The van der Waals surface area contributed by atoms with Gasteiger partial charge in [-0.25, -0.2) is 5.43 Å². The Bertz CT molecular complexity index is 684. The van der Waals surface area contributed by atoms with E-state index in [9.17, 15) is 14.9 Å². The Morgan fingerprint density at radius 3 is 2.75 bits per heavy atom. The molecule has 0 aliphatic rings. The van der Waals surface area contributed by atoms with Crippen LogP contribution in [0.25, 0.3) is 0 Å². The summed E-state index contributed by atoms with van der Waals surface area (Å²) in [6.07, 6.45) is 1.34. The van der Waals surface area contributed by atoms with Crippen LogP contribution in [-0.2, 0) is 0 Å². The number of nitro groups is 1. The smallest absolute Gasteiger partial charge is 0.267 e. The number of nitrogens with one attached hydrogen (secondary N) is 1. The maximum absolute atomic E-state index is 11.8. The largest absolute Gasteiger partial charge is 0.324 e. The standard InChI is InChI=1S/C12H8ClN3O3S/c13-10-4-2-1-3-9(10)12(17)15-14-7-8-5-6-11(20-8)16(18)19/h1-7H,(H,15,17)/b14-7+. The molecule has 0 aliphatic heterocycles. The van der Waals surface area contributed by atoms with E-state index in [0.29, 0.717) is 15.5 Å². The fraction of sp³-hybridized carbons (Fsp3) is 0. The summed E-state index contributed by atoms with van der Waals surface area (Å²) in [5, 5.41) is 14.6. The molecule has 0 aliphatic carbocycles. The van der Waals surface area contributed by atoms with Gasteiger partial charge >= 0.3 is 5.00 Å². The predicted molar refractivity (Wildman–Crippen MR) is 77.5 cm³/mol. The number of carbonyl (C=O) groups is 1. The molecule has 1 heterocycles. The Balaban J connectivity index is 2.01. The average molecular weight is 310 g/mol. The summed E-state index contributed by atoms with van der Waals surface area (Å²) in [4.78, 5) is 22.3. The first-order chi connectivity index (χ1) is 9.58. The summed E-state index contributed by atoms with van der Waals surface area (Å²) in [6.45, 7) is 0. The Labute approximate surface area is 122 Å². The van der Waals surface area contributed by atoms with Crippen molar-refractivity contribution in [2.45, 2.75) is 0 Å². The SMILES string of the molecule is O=C(N/N=C/c1ccc([N+](=O)[O-])s1)c1ccccc1Cl.